The third-order valence-corrected chi connectivity index (χ3v) is 4.40. The van der Waals surface area contributed by atoms with Gasteiger partial charge in [-0.3, -0.25) is 4.79 Å². The number of hydrogen-bond acceptors (Lipinski definition) is 6. The number of halogens is 1. The van der Waals surface area contributed by atoms with Crippen molar-refractivity contribution in [3.63, 3.8) is 0 Å². The molecule has 0 aliphatic rings. The number of nitrogens with one attached hydrogen (secondary N) is 1. The minimum absolute atomic E-state index is 0.305. The third-order valence-electron chi connectivity index (χ3n) is 3.65. The first-order valence-electron chi connectivity index (χ1n) is 8.26. The smallest absolute Gasteiger partial charge is 0.257 e. The SMILES string of the molecule is COCCCOc1ccc(C(=O)Nc2scnc2-c2ccc(F)cc2)cn1. The van der Waals surface area contributed by atoms with Gasteiger partial charge in [-0.25, -0.2) is 14.4 Å². The van der Waals surface area contributed by atoms with Crippen molar-refractivity contribution in [1.82, 2.24) is 9.97 Å². The minimum atomic E-state index is -0.324. The maximum Gasteiger partial charge on any atom is 0.257 e. The van der Waals surface area contributed by atoms with Gasteiger partial charge in [0, 0.05) is 38.0 Å². The fraction of sp³-hybridized carbons (Fsp3) is 0.211. The lowest BCUT2D eigenvalue weighted by atomic mass is 10.1. The Bertz CT molecular complexity index is 882. The average molecular weight is 387 g/mol. The Kier molecular flexibility index (Phi) is 6.45. The second-order valence-electron chi connectivity index (χ2n) is 5.57. The molecule has 1 amide bonds. The van der Waals surface area contributed by atoms with Crippen LogP contribution in [-0.2, 0) is 4.74 Å². The fourth-order valence-electron chi connectivity index (χ4n) is 2.30. The third kappa shape index (κ3) is 5.08. The van der Waals surface area contributed by atoms with Gasteiger partial charge in [0.2, 0.25) is 5.88 Å². The predicted molar refractivity (Wildman–Crippen MR) is 102 cm³/mol. The van der Waals surface area contributed by atoms with Crippen LogP contribution in [0.5, 0.6) is 5.88 Å². The van der Waals surface area contributed by atoms with E-state index in [2.05, 4.69) is 15.3 Å². The molecule has 0 aliphatic heterocycles. The van der Waals surface area contributed by atoms with E-state index < -0.39 is 0 Å². The van der Waals surface area contributed by atoms with Gasteiger partial charge < -0.3 is 14.8 Å². The van der Waals surface area contributed by atoms with E-state index in [1.807, 2.05) is 0 Å². The number of benzene rings is 1. The molecule has 0 spiro atoms. The molecule has 0 radical (unpaired) electrons. The lowest BCUT2D eigenvalue weighted by Gasteiger charge is -2.07. The van der Waals surface area contributed by atoms with Crippen LogP contribution in [0, 0.1) is 5.82 Å². The first-order chi connectivity index (χ1) is 13.2. The molecule has 1 aromatic carbocycles. The Hall–Kier alpha value is -2.84. The number of ether oxygens (including phenoxy) is 2. The summed E-state index contributed by atoms with van der Waals surface area (Å²) in [5.41, 5.74) is 3.35. The zero-order valence-electron chi connectivity index (χ0n) is 14.6. The summed E-state index contributed by atoms with van der Waals surface area (Å²) in [4.78, 5) is 20.9. The van der Waals surface area contributed by atoms with Gasteiger partial charge in [0.05, 0.1) is 17.7 Å². The molecule has 0 atom stereocenters. The second kappa shape index (κ2) is 9.20. The average Bonchev–Trinajstić information content (AvgIpc) is 3.14. The van der Waals surface area contributed by atoms with Crippen LogP contribution in [0.3, 0.4) is 0 Å². The number of nitrogens with zero attached hydrogens (tertiary/aromatic N) is 2. The van der Waals surface area contributed by atoms with Crippen LogP contribution in [0.4, 0.5) is 9.39 Å². The maximum atomic E-state index is 13.1. The largest absolute Gasteiger partial charge is 0.478 e. The molecule has 8 heteroatoms. The number of carbonyl (C=O) groups excluding carboxylic acids is 1. The van der Waals surface area contributed by atoms with E-state index >= 15 is 0 Å². The van der Waals surface area contributed by atoms with E-state index in [0.717, 1.165) is 12.0 Å². The van der Waals surface area contributed by atoms with Crippen molar-refractivity contribution in [2.45, 2.75) is 6.42 Å². The van der Waals surface area contributed by atoms with Crippen molar-refractivity contribution in [2.75, 3.05) is 25.6 Å². The van der Waals surface area contributed by atoms with Gasteiger partial charge >= 0.3 is 0 Å². The lowest BCUT2D eigenvalue weighted by Crippen LogP contribution is -2.12. The summed E-state index contributed by atoms with van der Waals surface area (Å²) in [6.45, 7) is 1.11. The van der Waals surface area contributed by atoms with E-state index in [1.165, 1.54) is 29.7 Å². The van der Waals surface area contributed by atoms with Crippen molar-refractivity contribution in [3.05, 3.63) is 59.5 Å². The number of thiazole rings is 1. The molecule has 3 aromatic rings. The molecular weight excluding hydrogens is 369 g/mol. The van der Waals surface area contributed by atoms with Gasteiger partial charge in [0.1, 0.15) is 16.5 Å². The summed E-state index contributed by atoms with van der Waals surface area (Å²) in [5.74, 6) is -0.177. The highest BCUT2D eigenvalue weighted by molar-refractivity contribution is 7.14. The van der Waals surface area contributed by atoms with Crippen LogP contribution in [0.1, 0.15) is 16.8 Å². The normalized spacial score (nSPS) is 10.6. The number of carbonyl (C=O) groups is 1. The van der Waals surface area contributed by atoms with E-state index in [-0.39, 0.29) is 11.7 Å². The molecule has 1 N–H and O–H groups in total. The van der Waals surface area contributed by atoms with E-state index in [9.17, 15) is 9.18 Å². The summed E-state index contributed by atoms with van der Waals surface area (Å²) in [6, 6.07) is 9.25. The molecule has 6 nitrogen and oxygen atoms in total. The molecule has 0 saturated heterocycles. The van der Waals surface area contributed by atoms with E-state index in [1.54, 1.807) is 36.9 Å². The predicted octanol–water partition coefficient (Wildman–Crippen LogP) is 4.01. The van der Waals surface area contributed by atoms with E-state index in [4.69, 9.17) is 9.47 Å². The summed E-state index contributed by atoms with van der Waals surface area (Å²) in [6.07, 6.45) is 2.22. The maximum absolute atomic E-state index is 13.1. The molecule has 140 valence electrons. The number of pyridine rings is 1. The number of aromatic nitrogens is 2. The van der Waals surface area contributed by atoms with Gasteiger partial charge in [-0.1, -0.05) is 0 Å². The highest BCUT2D eigenvalue weighted by Crippen LogP contribution is 2.30. The van der Waals surface area contributed by atoms with Crippen molar-refractivity contribution < 1.29 is 18.7 Å². The quantitative estimate of drug-likeness (QED) is 0.591. The van der Waals surface area contributed by atoms with Crippen LogP contribution in [-0.4, -0.2) is 36.2 Å². The zero-order chi connectivity index (χ0) is 19.1. The van der Waals surface area contributed by atoms with Crippen molar-refractivity contribution in [2.24, 2.45) is 0 Å². The number of rotatable bonds is 8. The Morgan fingerprint density at radius 2 is 1.96 bits per heavy atom. The molecule has 3 rings (SSSR count). The number of hydrogen-bond donors (Lipinski definition) is 1. The molecule has 0 bridgehead atoms. The van der Waals surface area contributed by atoms with Crippen molar-refractivity contribution >= 4 is 22.2 Å². The second-order valence-corrected chi connectivity index (χ2v) is 6.43. The van der Waals surface area contributed by atoms with Crippen LogP contribution < -0.4 is 10.1 Å². The van der Waals surface area contributed by atoms with Crippen LogP contribution in [0.15, 0.2) is 48.1 Å². The molecule has 2 aromatic heterocycles. The molecule has 2 heterocycles. The number of methoxy groups -OCH3 is 1. The summed E-state index contributed by atoms with van der Waals surface area (Å²) in [7, 11) is 1.64. The molecule has 0 saturated carbocycles. The topological polar surface area (TPSA) is 73.3 Å². The monoisotopic (exact) mass is 387 g/mol. The van der Waals surface area contributed by atoms with E-state index in [0.29, 0.717) is 35.4 Å². The highest BCUT2D eigenvalue weighted by Gasteiger charge is 2.14. The summed E-state index contributed by atoms with van der Waals surface area (Å²) >= 11 is 1.30. The van der Waals surface area contributed by atoms with Crippen LogP contribution >= 0.6 is 11.3 Å². The zero-order valence-corrected chi connectivity index (χ0v) is 15.5. The minimum Gasteiger partial charge on any atom is -0.478 e. The lowest BCUT2D eigenvalue weighted by molar-refractivity contribution is 0.102. The Labute approximate surface area is 160 Å². The van der Waals surface area contributed by atoms with Gasteiger partial charge in [-0.2, -0.15) is 0 Å². The van der Waals surface area contributed by atoms with Gasteiger partial charge in [0.15, 0.2) is 0 Å². The van der Waals surface area contributed by atoms with Gasteiger partial charge in [-0.05, 0) is 30.3 Å². The molecule has 0 fully saturated rings. The molecule has 27 heavy (non-hydrogen) atoms. The number of anilines is 1. The summed E-state index contributed by atoms with van der Waals surface area (Å²) < 4.78 is 23.5. The molecule has 0 aliphatic carbocycles. The Balaban J connectivity index is 1.64. The molecular formula is C19H18FN3O3S. The van der Waals surface area contributed by atoms with Crippen LogP contribution in [0.25, 0.3) is 11.3 Å². The van der Waals surface area contributed by atoms with Gasteiger partial charge in [-0.15, -0.1) is 11.3 Å². The first-order valence-corrected chi connectivity index (χ1v) is 9.14. The van der Waals surface area contributed by atoms with Crippen molar-refractivity contribution in [1.29, 1.82) is 0 Å². The Morgan fingerprint density at radius 1 is 1.15 bits per heavy atom. The number of amides is 1. The standard InChI is InChI=1S/C19H18FN3O3S/c1-25-9-2-10-26-16-8-5-14(11-21-16)18(24)23-19-17(22-12-27-19)13-3-6-15(20)7-4-13/h3-8,11-12H,2,9-10H2,1H3,(H,23,24). The van der Waals surface area contributed by atoms with Crippen molar-refractivity contribution in [3.8, 4) is 17.1 Å². The van der Waals surface area contributed by atoms with Crippen LogP contribution in [0.2, 0.25) is 0 Å². The van der Waals surface area contributed by atoms with Gasteiger partial charge in [0.25, 0.3) is 5.91 Å². The fourth-order valence-corrected chi connectivity index (χ4v) is 3.00. The summed E-state index contributed by atoms with van der Waals surface area (Å²) in [5, 5.41) is 3.41. The first kappa shape index (κ1) is 18.9. The highest BCUT2D eigenvalue weighted by atomic mass is 32.1. The Morgan fingerprint density at radius 3 is 2.67 bits per heavy atom. The molecule has 0 unspecified atom stereocenters.